The fourth-order valence-corrected chi connectivity index (χ4v) is 2.78. The molecule has 0 bridgehead atoms. The minimum absolute atomic E-state index is 0.129. The normalized spacial score (nSPS) is 11.5. The molecule has 1 N–H and O–H groups in total. The summed E-state index contributed by atoms with van der Waals surface area (Å²) >= 11 is 0.943. The predicted molar refractivity (Wildman–Crippen MR) is 90.5 cm³/mol. The number of benzene rings is 1. The van der Waals surface area contributed by atoms with Gasteiger partial charge in [0, 0.05) is 25.7 Å². The number of nitrogens with zero attached hydrogens (tertiary/aromatic N) is 3. The van der Waals surface area contributed by atoms with Crippen LogP contribution in [0.1, 0.15) is 25.3 Å². The molecule has 0 saturated heterocycles. The van der Waals surface area contributed by atoms with Gasteiger partial charge in [0.05, 0.1) is 0 Å². The lowest BCUT2D eigenvalue weighted by molar-refractivity contribution is -0.131. The van der Waals surface area contributed by atoms with Gasteiger partial charge in [0.1, 0.15) is 4.91 Å². The van der Waals surface area contributed by atoms with Crippen LogP contribution in [0.25, 0.3) is 6.08 Å². The summed E-state index contributed by atoms with van der Waals surface area (Å²) in [5.41, 5.74) is 1.92. The molecule has 0 unspecified atom stereocenters. The largest absolute Gasteiger partial charge is 0.477 e. The summed E-state index contributed by atoms with van der Waals surface area (Å²) in [6, 6.07) is 7.77. The number of carbonyl (C=O) groups is 1. The molecule has 2 rings (SSSR count). The molecular formula is C16H19N3O3S. The van der Waals surface area contributed by atoms with Crippen molar-refractivity contribution >= 4 is 29.5 Å². The molecule has 0 fully saturated rings. The van der Waals surface area contributed by atoms with Crippen molar-refractivity contribution in [1.82, 2.24) is 10.2 Å². The molecule has 1 aromatic heterocycles. The molecule has 0 amide bonds. The summed E-state index contributed by atoms with van der Waals surface area (Å²) in [6.07, 6.45) is 1.60. The van der Waals surface area contributed by atoms with Crippen molar-refractivity contribution in [2.75, 3.05) is 18.0 Å². The lowest BCUT2D eigenvalue weighted by Crippen LogP contribution is -2.21. The van der Waals surface area contributed by atoms with Crippen molar-refractivity contribution in [3.63, 3.8) is 0 Å². The number of carboxylic acids is 1. The molecule has 0 atom stereocenters. The van der Waals surface area contributed by atoms with E-state index in [1.165, 1.54) is 0 Å². The lowest BCUT2D eigenvalue weighted by Gasteiger charge is -2.20. The number of hydrogen-bond donors (Lipinski definition) is 1. The van der Waals surface area contributed by atoms with Crippen LogP contribution in [0.15, 0.2) is 38.8 Å². The van der Waals surface area contributed by atoms with E-state index < -0.39 is 5.97 Å². The van der Waals surface area contributed by atoms with Crippen LogP contribution in [0, 0.1) is 6.92 Å². The van der Waals surface area contributed by atoms with Crippen molar-refractivity contribution in [3.8, 4) is 0 Å². The Kier molecular flexibility index (Phi) is 5.81. The summed E-state index contributed by atoms with van der Waals surface area (Å²) in [4.78, 5) is 13.7. The van der Waals surface area contributed by atoms with Gasteiger partial charge in [0.15, 0.2) is 0 Å². The number of aliphatic carboxylic acids is 1. The summed E-state index contributed by atoms with van der Waals surface area (Å²) in [7, 11) is 0. The average molecular weight is 333 g/mol. The van der Waals surface area contributed by atoms with Gasteiger partial charge in [-0.1, -0.05) is 12.1 Å². The van der Waals surface area contributed by atoms with Crippen LogP contribution in [0.5, 0.6) is 0 Å². The Balaban J connectivity index is 2.20. The van der Waals surface area contributed by atoms with Gasteiger partial charge in [-0.05, 0) is 49.4 Å². The molecular weight excluding hydrogens is 314 g/mol. The molecule has 0 radical (unpaired) electrons. The average Bonchev–Trinajstić information content (AvgIpc) is 2.94. The summed E-state index contributed by atoms with van der Waals surface area (Å²) in [5, 5.41) is 17.1. The van der Waals surface area contributed by atoms with E-state index in [-0.39, 0.29) is 10.1 Å². The van der Waals surface area contributed by atoms with Gasteiger partial charge in [-0.15, -0.1) is 10.2 Å². The van der Waals surface area contributed by atoms with Crippen molar-refractivity contribution in [3.05, 3.63) is 40.6 Å². The van der Waals surface area contributed by atoms with E-state index in [0.29, 0.717) is 5.89 Å². The van der Waals surface area contributed by atoms with Gasteiger partial charge in [0.25, 0.3) is 5.22 Å². The molecule has 0 aliphatic heterocycles. The maximum atomic E-state index is 11.4. The third-order valence-corrected chi connectivity index (χ3v) is 4.09. The number of hydrogen-bond acceptors (Lipinski definition) is 6. The molecule has 23 heavy (non-hydrogen) atoms. The zero-order chi connectivity index (χ0) is 16.8. The first-order chi connectivity index (χ1) is 11.0. The second-order valence-corrected chi connectivity index (χ2v) is 5.76. The van der Waals surface area contributed by atoms with Crippen LogP contribution in [-0.2, 0) is 4.79 Å². The van der Waals surface area contributed by atoms with Crippen LogP contribution in [0.4, 0.5) is 5.69 Å². The van der Waals surface area contributed by atoms with E-state index in [4.69, 9.17) is 4.42 Å². The predicted octanol–water partition coefficient (Wildman–Crippen LogP) is 3.44. The fourth-order valence-electron chi connectivity index (χ4n) is 2.07. The third kappa shape index (κ3) is 4.59. The second-order valence-electron chi connectivity index (χ2n) is 4.77. The van der Waals surface area contributed by atoms with E-state index in [0.717, 1.165) is 36.1 Å². The Bertz CT molecular complexity index is 691. The maximum Gasteiger partial charge on any atom is 0.342 e. The highest BCUT2D eigenvalue weighted by molar-refractivity contribution is 8.03. The topological polar surface area (TPSA) is 79.5 Å². The molecule has 0 saturated carbocycles. The molecule has 122 valence electrons. The summed E-state index contributed by atoms with van der Waals surface area (Å²) < 4.78 is 5.21. The molecule has 0 aliphatic carbocycles. The van der Waals surface area contributed by atoms with Crippen molar-refractivity contribution in [2.45, 2.75) is 26.0 Å². The van der Waals surface area contributed by atoms with Gasteiger partial charge >= 0.3 is 5.97 Å². The molecule has 0 aliphatic rings. The fraction of sp³-hybridized carbons (Fsp3) is 0.312. The summed E-state index contributed by atoms with van der Waals surface area (Å²) in [5.74, 6) is -0.625. The highest BCUT2D eigenvalue weighted by atomic mass is 32.2. The van der Waals surface area contributed by atoms with Gasteiger partial charge in [-0.25, -0.2) is 4.79 Å². The number of carboxylic acid groups (broad SMARTS) is 1. The van der Waals surface area contributed by atoms with Crippen LogP contribution in [-0.4, -0.2) is 34.4 Å². The van der Waals surface area contributed by atoms with Crippen LogP contribution in [0.2, 0.25) is 0 Å². The monoisotopic (exact) mass is 333 g/mol. The molecule has 2 aromatic rings. The Hall–Kier alpha value is -2.28. The van der Waals surface area contributed by atoms with Crippen LogP contribution >= 0.6 is 11.8 Å². The van der Waals surface area contributed by atoms with Gasteiger partial charge in [0.2, 0.25) is 5.89 Å². The lowest BCUT2D eigenvalue weighted by atomic mass is 10.2. The first kappa shape index (κ1) is 17.1. The number of aromatic nitrogens is 2. The zero-order valence-electron chi connectivity index (χ0n) is 13.3. The summed E-state index contributed by atoms with van der Waals surface area (Å²) in [6.45, 7) is 7.72. The number of anilines is 1. The van der Waals surface area contributed by atoms with E-state index in [9.17, 15) is 9.90 Å². The van der Waals surface area contributed by atoms with Gasteiger partial charge < -0.3 is 14.4 Å². The quantitative estimate of drug-likeness (QED) is 0.614. The number of thioether (sulfide) groups is 1. The number of aryl methyl sites for hydroxylation is 1. The zero-order valence-corrected chi connectivity index (χ0v) is 14.1. The van der Waals surface area contributed by atoms with Crippen LogP contribution < -0.4 is 4.90 Å². The standard InChI is InChI=1S/C16H19N3O3S/c1-4-19(5-2)13-8-6-12(7-9-13)10-14(15(20)21)23-16-18-17-11(3)22-16/h6-10H,4-5H2,1-3H3,(H,20,21)/b14-10+. The SMILES string of the molecule is CCN(CC)c1ccc(/C=C(/Sc2nnc(C)o2)C(=O)O)cc1. The smallest absolute Gasteiger partial charge is 0.342 e. The van der Waals surface area contributed by atoms with Gasteiger partial charge in [-0.3, -0.25) is 0 Å². The molecule has 7 heteroatoms. The maximum absolute atomic E-state index is 11.4. The molecule has 0 spiro atoms. The van der Waals surface area contributed by atoms with E-state index in [1.807, 2.05) is 24.3 Å². The molecule has 1 aromatic carbocycles. The minimum atomic E-state index is -1.03. The first-order valence-electron chi connectivity index (χ1n) is 7.31. The molecule has 1 heterocycles. The first-order valence-corrected chi connectivity index (χ1v) is 8.13. The van der Waals surface area contributed by atoms with Crippen LogP contribution in [0.3, 0.4) is 0 Å². The number of rotatable bonds is 7. The van der Waals surface area contributed by atoms with E-state index >= 15 is 0 Å². The Morgan fingerprint density at radius 1 is 1.26 bits per heavy atom. The minimum Gasteiger partial charge on any atom is -0.477 e. The highest BCUT2D eigenvalue weighted by Crippen LogP contribution is 2.27. The Morgan fingerprint density at radius 3 is 2.39 bits per heavy atom. The van der Waals surface area contributed by atoms with E-state index in [1.54, 1.807) is 13.0 Å². The third-order valence-electron chi connectivity index (χ3n) is 3.23. The van der Waals surface area contributed by atoms with Crippen molar-refractivity contribution in [1.29, 1.82) is 0 Å². The van der Waals surface area contributed by atoms with Crippen molar-refractivity contribution < 1.29 is 14.3 Å². The van der Waals surface area contributed by atoms with E-state index in [2.05, 4.69) is 28.9 Å². The Morgan fingerprint density at radius 2 is 1.91 bits per heavy atom. The van der Waals surface area contributed by atoms with Crippen molar-refractivity contribution in [2.24, 2.45) is 0 Å². The van der Waals surface area contributed by atoms with Gasteiger partial charge in [-0.2, -0.15) is 0 Å². The highest BCUT2D eigenvalue weighted by Gasteiger charge is 2.14. The second kappa shape index (κ2) is 7.82. The Labute approximate surface area is 139 Å². The molecule has 6 nitrogen and oxygen atoms in total.